The number of hydrogen-bond acceptors (Lipinski definition) is 3. The summed E-state index contributed by atoms with van der Waals surface area (Å²) in [5.74, 6) is 1.000. The average molecular weight is 531 g/mol. The highest BCUT2D eigenvalue weighted by Crippen LogP contribution is 2.14. The number of guanidine groups is 1. The second-order valence-corrected chi connectivity index (χ2v) is 7.94. The molecule has 0 aromatic heterocycles. The molecule has 1 amide bonds. The van der Waals surface area contributed by atoms with Crippen LogP contribution in [0.4, 0.5) is 4.39 Å². The van der Waals surface area contributed by atoms with E-state index < -0.39 is 0 Å². The van der Waals surface area contributed by atoms with E-state index in [0.717, 1.165) is 83.0 Å². The standard InChI is InChI=1S/C22H34FN5O.HI/c1-18(21(29)27-11-3-4-12-27)26-13-15-28(16-14-26)22(24-2)25-10-6-8-19-7-5-9-20(23)17-19;/h5,7,9,17-18H,3-4,6,8,10-16H2,1-2H3,(H,24,25);1H. The number of nitrogens with one attached hydrogen (secondary N) is 1. The highest BCUT2D eigenvalue weighted by Gasteiger charge is 2.30. The van der Waals surface area contributed by atoms with Crippen LogP contribution in [-0.4, -0.2) is 85.5 Å². The Kier molecular flexibility index (Phi) is 10.3. The van der Waals surface area contributed by atoms with E-state index in [2.05, 4.69) is 20.1 Å². The Morgan fingerprint density at radius 3 is 2.47 bits per heavy atom. The van der Waals surface area contributed by atoms with E-state index in [9.17, 15) is 9.18 Å². The summed E-state index contributed by atoms with van der Waals surface area (Å²) in [6, 6.07) is 6.74. The third-order valence-corrected chi connectivity index (χ3v) is 5.96. The lowest BCUT2D eigenvalue weighted by Gasteiger charge is -2.39. The number of benzene rings is 1. The first-order chi connectivity index (χ1) is 14.1. The van der Waals surface area contributed by atoms with Gasteiger partial charge in [0.2, 0.25) is 5.91 Å². The first-order valence-corrected chi connectivity index (χ1v) is 10.8. The lowest BCUT2D eigenvalue weighted by Crippen LogP contribution is -2.57. The minimum atomic E-state index is -0.179. The molecule has 2 fully saturated rings. The van der Waals surface area contributed by atoms with Gasteiger partial charge in [-0.1, -0.05) is 12.1 Å². The van der Waals surface area contributed by atoms with E-state index in [-0.39, 0.29) is 41.7 Å². The Bertz CT molecular complexity index is 703. The molecule has 2 aliphatic rings. The number of hydrogen-bond donors (Lipinski definition) is 1. The molecule has 0 spiro atoms. The minimum Gasteiger partial charge on any atom is -0.356 e. The van der Waals surface area contributed by atoms with Crippen LogP contribution in [0.2, 0.25) is 0 Å². The van der Waals surface area contributed by atoms with Gasteiger partial charge in [-0.3, -0.25) is 14.7 Å². The van der Waals surface area contributed by atoms with Crippen molar-refractivity contribution in [1.29, 1.82) is 0 Å². The maximum absolute atomic E-state index is 13.3. The van der Waals surface area contributed by atoms with E-state index in [1.165, 1.54) is 6.07 Å². The zero-order valence-electron chi connectivity index (χ0n) is 18.1. The lowest BCUT2D eigenvalue weighted by molar-refractivity contribution is -0.135. The number of aliphatic imine (C=N–C) groups is 1. The van der Waals surface area contributed by atoms with Crippen LogP contribution in [0.1, 0.15) is 31.7 Å². The van der Waals surface area contributed by atoms with Crippen LogP contribution >= 0.6 is 24.0 Å². The SMILES string of the molecule is CN=C(NCCCc1cccc(F)c1)N1CCN(C(C)C(=O)N2CCCC2)CC1.I. The van der Waals surface area contributed by atoms with Gasteiger partial charge in [0, 0.05) is 52.9 Å². The number of amides is 1. The molecule has 168 valence electrons. The van der Waals surface area contributed by atoms with Crippen LogP contribution in [-0.2, 0) is 11.2 Å². The van der Waals surface area contributed by atoms with Gasteiger partial charge < -0.3 is 15.1 Å². The fourth-order valence-electron chi connectivity index (χ4n) is 4.20. The smallest absolute Gasteiger partial charge is 0.239 e. The van der Waals surface area contributed by atoms with Crippen LogP contribution in [0, 0.1) is 5.82 Å². The molecule has 8 heteroatoms. The van der Waals surface area contributed by atoms with Crippen molar-refractivity contribution in [3.63, 3.8) is 0 Å². The van der Waals surface area contributed by atoms with E-state index >= 15 is 0 Å². The topological polar surface area (TPSA) is 51.2 Å². The number of likely N-dealkylation sites (tertiary alicyclic amines) is 1. The molecule has 6 nitrogen and oxygen atoms in total. The van der Waals surface area contributed by atoms with Gasteiger partial charge in [-0.15, -0.1) is 24.0 Å². The minimum absolute atomic E-state index is 0. The van der Waals surface area contributed by atoms with Gasteiger partial charge in [-0.2, -0.15) is 0 Å². The van der Waals surface area contributed by atoms with Crippen LogP contribution in [0.3, 0.4) is 0 Å². The van der Waals surface area contributed by atoms with Crippen molar-refractivity contribution >= 4 is 35.8 Å². The zero-order valence-corrected chi connectivity index (χ0v) is 20.5. The molecule has 0 bridgehead atoms. The van der Waals surface area contributed by atoms with E-state index in [1.54, 1.807) is 19.2 Å². The van der Waals surface area contributed by atoms with Gasteiger partial charge in [0.1, 0.15) is 5.82 Å². The molecule has 1 atom stereocenters. The molecule has 2 saturated heterocycles. The Morgan fingerprint density at radius 2 is 1.83 bits per heavy atom. The molecule has 2 aliphatic heterocycles. The molecule has 0 aliphatic carbocycles. The summed E-state index contributed by atoms with van der Waals surface area (Å²) < 4.78 is 13.3. The monoisotopic (exact) mass is 531 g/mol. The normalized spacial score (nSPS) is 18.8. The summed E-state index contributed by atoms with van der Waals surface area (Å²) in [4.78, 5) is 23.6. The lowest BCUT2D eigenvalue weighted by atomic mass is 10.1. The van der Waals surface area contributed by atoms with Gasteiger partial charge in [0.25, 0.3) is 0 Å². The number of carbonyl (C=O) groups is 1. The molecule has 0 saturated carbocycles. The Morgan fingerprint density at radius 1 is 1.13 bits per heavy atom. The number of halogens is 2. The number of aryl methyl sites for hydroxylation is 1. The van der Waals surface area contributed by atoms with Gasteiger partial charge in [-0.05, 0) is 50.3 Å². The van der Waals surface area contributed by atoms with Crippen LogP contribution in [0.5, 0.6) is 0 Å². The largest absolute Gasteiger partial charge is 0.356 e. The quantitative estimate of drug-likeness (QED) is 0.266. The fraction of sp³-hybridized carbons (Fsp3) is 0.636. The number of piperazine rings is 1. The summed E-state index contributed by atoms with van der Waals surface area (Å²) in [5.41, 5.74) is 1.02. The fourth-order valence-corrected chi connectivity index (χ4v) is 4.20. The molecule has 3 rings (SSSR count). The van der Waals surface area contributed by atoms with Gasteiger partial charge in [0.05, 0.1) is 6.04 Å². The molecule has 1 aromatic rings. The highest BCUT2D eigenvalue weighted by molar-refractivity contribution is 14.0. The zero-order chi connectivity index (χ0) is 20.6. The maximum atomic E-state index is 13.3. The molecule has 0 radical (unpaired) electrons. The Balaban J connectivity index is 0.00000320. The van der Waals surface area contributed by atoms with Crippen molar-refractivity contribution in [2.45, 2.75) is 38.6 Å². The van der Waals surface area contributed by atoms with Crippen LogP contribution in [0.15, 0.2) is 29.3 Å². The molecule has 1 unspecified atom stereocenters. The van der Waals surface area contributed by atoms with E-state index in [0.29, 0.717) is 0 Å². The molecule has 1 aromatic carbocycles. The van der Waals surface area contributed by atoms with Gasteiger partial charge >= 0.3 is 0 Å². The van der Waals surface area contributed by atoms with Crippen molar-refractivity contribution in [1.82, 2.24) is 20.0 Å². The van der Waals surface area contributed by atoms with Crippen molar-refractivity contribution in [3.8, 4) is 0 Å². The predicted octanol–water partition coefficient (Wildman–Crippen LogP) is 2.58. The van der Waals surface area contributed by atoms with Crippen molar-refractivity contribution in [2.24, 2.45) is 4.99 Å². The van der Waals surface area contributed by atoms with E-state index in [1.807, 2.05) is 17.9 Å². The van der Waals surface area contributed by atoms with E-state index in [4.69, 9.17) is 0 Å². The summed E-state index contributed by atoms with van der Waals surface area (Å²) in [5, 5.41) is 3.42. The maximum Gasteiger partial charge on any atom is 0.239 e. The number of carbonyl (C=O) groups excluding carboxylic acids is 1. The van der Waals surface area contributed by atoms with Gasteiger partial charge in [0.15, 0.2) is 5.96 Å². The first-order valence-electron chi connectivity index (χ1n) is 10.8. The Hall–Kier alpha value is -1.42. The molecule has 2 heterocycles. The van der Waals surface area contributed by atoms with Crippen molar-refractivity contribution in [2.75, 3.05) is 52.9 Å². The second-order valence-electron chi connectivity index (χ2n) is 7.94. The van der Waals surface area contributed by atoms with Crippen molar-refractivity contribution in [3.05, 3.63) is 35.6 Å². The molecular formula is C22H35FIN5O. The number of nitrogens with zero attached hydrogens (tertiary/aromatic N) is 4. The summed E-state index contributed by atoms with van der Waals surface area (Å²) in [6.45, 7) is 8.12. The molecular weight excluding hydrogens is 496 g/mol. The molecule has 1 N–H and O–H groups in total. The highest BCUT2D eigenvalue weighted by atomic mass is 127. The van der Waals surface area contributed by atoms with Crippen molar-refractivity contribution < 1.29 is 9.18 Å². The number of rotatable bonds is 6. The third kappa shape index (κ3) is 6.80. The molecule has 30 heavy (non-hydrogen) atoms. The predicted molar refractivity (Wildman–Crippen MR) is 130 cm³/mol. The first kappa shape index (κ1) is 24.8. The summed E-state index contributed by atoms with van der Waals surface area (Å²) >= 11 is 0. The van der Waals surface area contributed by atoms with Gasteiger partial charge in [-0.25, -0.2) is 4.39 Å². The Labute approximate surface area is 196 Å². The van der Waals surface area contributed by atoms with Crippen LogP contribution in [0.25, 0.3) is 0 Å². The second kappa shape index (κ2) is 12.4. The average Bonchev–Trinajstić information content (AvgIpc) is 3.28. The summed E-state index contributed by atoms with van der Waals surface area (Å²) in [7, 11) is 1.81. The van der Waals surface area contributed by atoms with Crippen LogP contribution < -0.4 is 5.32 Å². The summed E-state index contributed by atoms with van der Waals surface area (Å²) in [6.07, 6.45) is 4.02. The third-order valence-electron chi connectivity index (χ3n) is 5.96.